The van der Waals surface area contributed by atoms with E-state index >= 15 is 0 Å². The lowest BCUT2D eigenvalue weighted by Crippen LogP contribution is -2.37. The fraction of sp³-hybridized carbons (Fsp3) is 0.294. The van der Waals surface area contributed by atoms with Crippen LogP contribution in [0, 0.1) is 20.8 Å². The van der Waals surface area contributed by atoms with Crippen molar-refractivity contribution in [1.82, 2.24) is 5.32 Å². The summed E-state index contributed by atoms with van der Waals surface area (Å²) in [6.45, 7) is 5.66. The number of nitrogens with one attached hydrogen (secondary N) is 2. The Kier molecular flexibility index (Phi) is 5.52. The van der Waals surface area contributed by atoms with E-state index < -0.39 is 17.9 Å². The van der Waals surface area contributed by atoms with Crippen LogP contribution in [0.2, 0.25) is 0 Å². The number of anilines is 1. The summed E-state index contributed by atoms with van der Waals surface area (Å²) in [5.41, 5.74) is 3.46. The minimum Gasteiger partial charge on any atom is -0.386 e. The number of hydrogen-bond acceptors (Lipinski definition) is 4. The molecule has 1 aromatic carbocycles. The largest absolute Gasteiger partial charge is 0.386 e. The highest BCUT2D eigenvalue weighted by molar-refractivity contribution is 7.10. The molecule has 1 aromatic heterocycles. The van der Waals surface area contributed by atoms with Crippen molar-refractivity contribution in [1.29, 1.82) is 0 Å². The predicted octanol–water partition coefficient (Wildman–Crippen LogP) is 2.46. The van der Waals surface area contributed by atoms with E-state index in [0.29, 0.717) is 5.69 Å². The number of aliphatic hydroxyl groups is 1. The molecule has 23 heavy (non-hydrogen) atoms. The Labute approximate surface area is 139 Å². The van der Waals surface area contributed by atoms with Gasteiger partial charge in [0.05, 0.1) is 0 Å². The van der Waals surface area contributed by atoms with Gasteiger partial charge in [0.25, 0.3) is 0 Å². The molecule has 3 N–H and O–H groups in total. The van der Waals surface area contributed by atoms with E-state index in [1.807, 2.05) is 50.4 Å². The van der Waals surface area contributed by atoms with E-state index in [9.17, 15) is 14.7 Å². The lowest BCUT2D eigenvalue weighted by molar-refractivity contribution is -0.136. The van der Waals surface area contributed by atoms with E-state index in [1.54, 1.807) is 0 Å². The lowest BCUT2D eigenvalue weighted by Gasteiger charge is -2.12. The molecule has 0 aliphatic rings. The molecule has 0 aliphatic carbocycles. The number of carbonyl (C=O) groups excluding carboxylic acids is 2. The standard InChI is InChI=1S/C17H20N2O3S/c1-10-4-5-11(2)13(8-10)19-17(22)16(21)18-9-14(20)15-12(3)6-7-23-15/h4-8,14,20H,9H2,1-3H3,(H,18,21)(H,19,22). The first-order valence-electron chi connectivity index (χ1n) is 7.27. The molecule has 2 rings (SSSR count). The average Bonchev–Trinajstić information content (AvgIpc) is 2.94. The van der Waals surface area contributed by atoms with E-state index in [4.69, 9.17) is 0 Å². The number of rotatable bonds is 4. The molecule has 2 amide bonds. The molecular weight excluding hydrogens is 312 g/mol. The topological polar surface area (TPSA) is 78.4 Å². The second-order valence-corrected chi connectivity index (χ2v) is 6.41. The Morgan fingerprint density at radius 3 is 2.52 bits per heavy atom. The highest BCUT2D eigenvalue weighted by Gasteiger charge is 2.18. The van der Waals surface area contributed by atoms with Crippen molar-refractivity contribution >= 4 is 28.8 Å². The zero-order valence-corrected chi connectivity index (χ0v) is 14.2. The van der Waals surface area contributed by atoms with Crippen LogP contribution in [0.15, 0.2) is 29.6 Å². The fourth-order valence-corrected chi connectivity index (χ4v) is 3.05. The van der Waals surface area contributed by atoms with Crippen LogP contribution < -0.4 is 10.6 Å². The summed E-state index contributed by atoms with van der Waals surface area (Å²) < 4.78 is 0. The second kappa shape index (κ2) is 7.39. The van der Waals surface area contributed by atoms with Crippen molar-refractivity contribution in [2.24, 2.45) is 0 Å². The van der Waals surface area contributed by atoms with Crippen LogP contribution in [-0.2, 0) is 9.59 Å². The van der Waals surface area contributed by atoms with Gasteiger partial charge in [-0.2, -0.15) is 0 Å². The molecule has 6 heteroatoms. The minimum absolute atomic E-state index is 0.000403. The smallest absolute Gasteiger partial charge is 0.313 e. The van der Waals surface area contributed by atoms with Crippen LogP contribution in [0.3, 0.4) is 0 Å². The molecule has 1 heterocycles. The summed E-state index contributed by atoms with van der Waals surface area (Å²) in [4.78, 5) is 24.6. The van der Waals surface area contributed by atoms with Crippen LogP contribution in [0.25, 0.3) is 0 Å². The molecule has 0 radical (unpaired) electrons. The molecule has 1 atom stereocenters. The summed E-state index contributed by atoms with van der Waals surface area (Å²) in [6.07, 6.45) is -0.813. The molecule has 5 nitrogen and oxygen atoms in total. The summed E-state index contributed by atoms with van der Waals surface area (Å²) in [5.74, 6) is -1.51. The van der Waals surface area contributed by atoms with Crippen LogP contribution >= 0.6 is 11.3 Å². The summed E-state index contributed by atoms with van der Waals surface area (Å²) in [6, 6.07) is 7.53. The third-order valence-electron chi connectivity index (χ3n) is 3.51. The van der Waals surface area contributed by atoms with Crippen molar-refractivity contribution in [2.75, 3.05) is 11.9 Å². The normalized spacial score (nSPS) is 11.8. The average molecular weight is 332 g/mol. The molecular formula is C17H20N2O3S. The Balaban J connectivity index is 1.91. The van der Waals surface area contributed by atoms with Gasteiger partial charge in [-0.25, -0.2) is 0 Å². The molecule has 0 saturated carbocycles. The summed E-state index contributed by atoms with van der Waals surface area (Å²) in [7, 11) is 0. The van der Waals surface area contributed by atoms with Gasteiger partial charge in [0.2, 0.25) is 0 Å². The van der Waals surface area contributed by atoms with Crippen molar-refractivity contribution in [3.63, 3.8) is 0 Å². The quantitative estimate of drug-likeness (QED) is 0.753. The number of thiophene rings is 1. The predicted molar refractivity (Wildman–Crippen MR) is 91.6 cm³/mol. The number of hydrogen-bond donors (Lipinski definition) is 3. The SMILES string of the molecule is Cc1ccc(C)c(NC(=O)C(=O)NCC(O)c2sccc2C)c1. The third-order valence-corrected chi connectivity index (χ3v) is 4.63. The molecule has 2 aromatic rings. The van der Waals surface area contributed by atoms with E-state index in [0.717, 1.165) is 21.6 Å². The zero-order valence-electron chi connectivity index (χ0n) is 13.3. The number of carbonyl (C=O) groups is 2. The third kappa shape index (κ3) is 4.40. The first-order chi connectivity index (χ1) is 10.9. The van der Waals surface area contributed by atoms with Crippen LogP contribution in [0.5, 0.6) is 0 Å². The molecule has 1 unspecified atom stereocenters. The van der Waals surface area contributed by atoms with E-state index in [1.165, 1.54) is 11.3 Å². The first kappa shape index (κ1) is 17.2. The maximum Gasteiger partial charge on any atom is 0.313 e. The first-order valence-corrected chi connectivity index (χ1v) is 8.15. The second-order valence-electron chi connectivity index (χ2n) is 5.47. The van der Waals surface area contributed by atoms with Crippen LogP contribution in [0.4, 0.5) is 5.69 Å². The Hall–Kier alpha value is -2.18. The zero-order chi connectivity index (χ0) is 17.0. The van der Waals surface area contributed by atoms with Gasteiger partial charge in [0.15, 0.2) is 0 Å². The van der Waals surface area contributed by atoms with E-state index in [2.05, 4.69) is 10.6 Å². The highest BCUT2D eigenvalue weighted by Crippen LogP contribution is 2.23. The Morgan fingerprint density at radius 2 is 1.87 bits per heavy atom. The van der Waals surface area contributed by atoms with Crippen LogP contribution in [-0.4, -0.2) is 23.5 Å². The van der Waals surface area contributed by atoms with Crippen molar-refractivity contribution in [3.8, 4) is 0 Å². The summed E-state index contributed by atoms with van der Waals surface area (Å²) in [5, 5.41) is 17.0. The van der Waals surface area contributed by atoms with Gasteiger partial charge >= 0.3 is 11.8 Å². The van der Waals surface area contributed by atoms with Gasteiger partial charge in [-0.15, -0.1) is 11.3 Å². The number of benzene rings is 1. The monoisotopic (exact) mass is 332 g/mol. The van der Waals surface area contributed by atoms with Crippen molar-refractivity contribution in [3.05, 3.63) is 51.2 Å². The molecule has 0 fully saturated rings. The molecule has 122 valence electrons. The van der Waals surface area contributed by atoms with Gasteiger partial charge in [0.1, 0.15) is 6.10 Å². The van der Waals surface area contributed by atoms with Gasteiger partial charge < -0.3 is 15.7 Å². The fourth-order valence-electron chi connectivity index (χ4n) is 2.14. The van der Waals surface area contributed by atoms with Gasteiger partial charge in [-0.05, 0) is 55.0 Å². The number of aliphatic hydroxyl groups excluding tert-OH is 1. The highest BCUT2D eigenvalue weighted by atomic mass is 32.1. The van der Waals surface area contributed by atoms with Crippen molar-refractivity contribution in [2.45, 2.75) is 26.9 Å². The van der Waals surface area contributed by atoms with Crippen molar-refractivity contribution < 1.29 is 14.7 Å². The van der Waals surface area contributed by atoms with Crippen LogP contribution in [0.1, 0.15) is 27.7 Å². The number of amides is 2. The summed E-state index contributed by atoms with van der Waals surface area (Å²) >= 11 is 1.42. The molecule has 0 saturated heterocycles. The number of aryl methyl sites for hydroxylation is 3. The Bertz CT molecular complexity index is 724. The molecule has 0 bridgehead atoms. The maximum atomic E-state index is 11.9. The van der Waals surface area contributed by atoms with Gasteiger partial charge in [-0.3, -0.25) is 9.59 Å². The van der Waals surface area contributed by atoms with E-state index in [-0.39, 0.29) is 6.54 Å². The molecule has 0 spiro atoms. The Morgan fingerprint density at radius 1 is 1.13 bits per heavy atom. The maximum absolute atomic E-state index is 11.9. The lowest BCUT2D eigenvalue weighted by atomic mass is 10.1. The van der Waals surface area contributed by atoms with Gasteiger partial charge in [-0.1, -0.05) is 12.1 Å². The minimum atomic E-state index is -0.813. The van der Waals surface area contributed by atoms with Gasteiger partial charge in [0, 0.05) is 17.1 Å². The molecule has 0 aliphatic heterocycles.